The summed E-state index contributed by atoms with van der Waals surface area (Å²) in [5, 5.41) is 4.85. The molecule has 1 atom stereocenters. The Hall–Kier alpha value is -1.64. The third kappa shape index (κ3) is 4.81. The zero-order chi connectivity index (χ0) is 12.7. The van der Waals surface area contributed by atoms with Gasteiger partial charge >= 0.3 is 12.2 Å². The summed E-state index contributed by atoms with van der Waals surface area (Å²) in [4.78, 5) is 26.1. The van der Waals surface area contributed by atoms with Gasteiger partial charge in [-0.1, -0.05) is 0 Å². The van der Waals surface area contributed by atoms with Crippen LogP contribution >= 0.6 is 11.9 Å². The Kier molecular flexibility index (Phi) is 5.40. The van der Waals surface area contributed by atoms with Crippen molar-refractivity contribution in [2.75, 3.05) is 13.2 Å². The Morgan fingerprint density at radius 2 is 2.00 bits per heavy atom. The van der Waals surface area contributed by atoms with Gasteiger partial charge in [0.1, 0.15) is 0 Å². The first-order chi connectivity index (χ1) is 8.15. The number of nitrogens with one attached hydrogen (secondary N) is 3. The van der Waals surface area contributed by atoms with Gasteiger partial charge in [0.05, 0.1) is 13.2 Å². The number of carbonyl (C=O) groups excluding carboxylic acids is 2. The summed E-state index contributed by atoms with van der Waals surface area (Å²) in [7, 11) is 0. The third-order valence-electron chi connectivity index (χ3n) is 1.53. The van der Waals surface area contributed by atoms with Crippen LogP contribution in [0.1, 0.15) is 13.8 Å². The van der Waals surface area contributed by atoms with E-state index in [1.807, 2.05) is 0 Å². The minimum atomic E-state index is -0.601. The number of alkyl carbamates (subject to hydrolysis) is 2. The molecule has 0 fully saturated rings. The fourth-order valence-electron chi connectivity index (χ4n) is 0.939. The van der Waals surface area contributed by atoms with Gasteiger partial charge in [-0.25, -0.2) is 14.6 Å². The van der Waals surface area contributed by atoms with Crippen molar-refractivity contribution in [2.24, 2.45) is 4.99 Å². The number of guanidine groups is 1. The molecule has 1 unspecified atom stereocenters. The maximum absolute atomic E-state index is 11.1. The number of ether oxygens (including phenoxy) is 2. The van der Waals surface area contributed by atoms with Crippen molar-refractivity contribution in [3.05, 3.63) is 0 Å². The molecule has 2 amide bonds. The average Bonchev–Trinajstić information content (AvgIpc) is 2.66. The van der Waals surface area contributed by atoms with Gasteiger partial charge in [-0.05, 0) is 13.8 Å². The van der Waals surface area contributed by atoms with Crippen LogP contribution in [0.2, 0.25) is 0 Å². The summed E-state index contributed by atoms with van der Waals surface area (Å²) in [6.45, 7) is 3.96. The maximum atomic E-state index is 11.1. The van der Waals surface area contributed by atoms with Crippen molar-refractivity contribution in [1.82, 2.24) is 15.4 Å². The maximum Gasteiger partial charge on any atom is 0.413 e. The standard InChI is InChI=1S/C8H14N4O4S/c1-3-15-7(13)10-5-9-6(17-12-5)11-8(14)16-4-2/h6H,3-4H2,1-2H3,(H,11,14)(H2,9,10,12,13). The van der Waals surface area contributed by atoms with Crippen LogP contribution < -0.4 is 15.4 Å². The van der Waals surface area contributed by atoms with Crippen LogP contribution in [0.3, 0.4) is 0 Å². The highest BCUT2D eigenvalue weighted by Crippen LogP contribution is 2.11. The molecule has 17 heavy (non-hydrogen) atoms. The zero-order valence-electron chi connectivity index (χ0n) is 9.48. The van der Waals surface area contributed by atoms with Crippen molar-refractivity contribution in [3.63, 3.8) is 0 Å². The van der Waals surface area contributed by atoms with Crippen molar-refractivity contribution in [2.45, 2.75) is 19.3 Å². The summed E-state index contributed by atoms with van der Waals surface area (Å²) in [6, 6.07) is 0. The number of hydrogen-bond donors (Lipinski definition) is 3. The van der Waals surface area contributed by atoms with Crippen LogP contribution in [0.15, 0.2) is 4.99 Å². The molecule has 0 aromatic rings. The summed E-state index contributed by atoms with van der Waals surface area (Å²) in [6.07, 6.45) is -1.16. The minimum Gasteiger partial charge on any atom is -0.450 e. The van der Waals surface area contributed by atoms with Crippen molar-refractivity contribution >= 4 is 30.1 Å². The van der Waals surface area contributed by atoms with E-state index in [-0.39, 0.29) is 19.2 Å². The molecule has 9 heteroatoms. The van der Waals surface area contributed by atoms with Gasteiger partial charge in [-0.15, -0.1) is 0 Å². The lowest BCUT2D eigenvalue weighted by molar-refractivity contribution is 0.151. The van der Waals surface area contributed by atoms with E-state index in [1.54, 1.807) is 13.8 Å². The van der Waals surface area contributed by atoms with Crippen LogP contribution in [-0.2, 0) is 9.47 Å². The molecule has 0 saturated carbocycles. The second kappa shape index (κ2) is 6.84. The lowest BCUT2D eigenvalue weighted by atomic mass is 10.8. The number of amides is 2. The largest absolute Gasteiger partial charge is 0.450 e. The highest BCUT2D eigenvalue weighted by Gasteiger charge is 2.21. The summed E-state index contributed by atoms with van der Waals surface area (Å²) in [5.41, 5.74) is -0.536. The number of carbonyl (C=O) groups is 2. The van der Waals surface area contributed by atoms with Crippen molar-refractivity contribution in [3.8, 4) is 0 Å². The molecule has 0 bridgehead atoms. The van der Waals surface area contributed by atoms with E-state index in [4.69, 9.17) is 0 Å². The molecule has 0 radical (unpaired) electrons. The topological polar surface area (TPSA) is 101 Å². The molecular weight excluding hydrogens is 248 g/mol. The molecule has 0 aromatic heterocycles. The first kappa shape index (κ1) is 13.4. The smallest absolute Gasteiger partial charge is 0.413 e. The number of rotatable bonds is 3. The molecule has 96 valence electrons. The van der Waals surface area contributed by atoms with Gasteiger partial charge in [-0.2, -0.15) is 0 Å². The molecule has 0 aliphatic carbocycles. The molecule has 1 heterocycles. The number of hydrogen-bond acceptors (Lipinski definition) is 7. The Balaban J connectivity index is 2.35. The van der Waals surface area contributed by atoms with Crippen LogP contribution in [0.4, 0.5) is 9.59 Å². The van der Waals surface area contributed by atoms with Gasteiger partial charge in [0, 0.05) is 11.9 Å². The van der Waals surface area contributed by atoms with Crippen LogP contribution in [-0.4, -0.2) is 36.9 Å². The van der Waals surface area contributed by atoms with Gasteiger partial charge < -0.3 is 9.47 Å². The van der Waals surface area contributed by atoms with E-state index in [0.29, 0.717) is 0 Å². The van der Waals surface area contributed by atoms with Gasteiger partial charge in [0.15, 0.2) is 5.50 Å². The quantitative estimate of drug-likeness (QED) is 0.635. The van der Waals surface area contributed by atoms with Crippen LogP contribution in [0.5, 0.6) is 0 Å². The van der Waals surface area contributed by atoms with E-state index in [2.05, 4.69) is 29.8 Å². The average molecular weight is 262 g/mol. The Bertz CT molecular complexity index is 323. The highest BCUT2D eigenvalue weighted by atomic mass is 32.2. The van der Waals surface area contributed by atoms with Gasteiger partial charge in [-0.3, -0.25) is 15.4 Å². The Morgan fingerprint density at radius 1 is 1.35 bits per heavy atom. The lowest BCUT2D eigenvalue weighted by Crippen LogP contribution is -2.36. The lowest BCUT2D eigenvalue weighted by Gasteiger charge is -2.06. The fourth-order valence-corrected chi connectivity index (χ4v) is 1.58. The highest BCUT2D eigenvalue weighted by molar-refractivity contribution is 7.98. The van der Waals surface area contributed by atoms with Crippen LogP contribution in [0, 0.1) is 0 Å². The SMILES string of the molecule is CCOC(=O)NC1=NC(NC(=O)OCC)SN1. The number of aliphatic imine (C=N–C) groups is 1. The molecular formula is C8H14N4O4S. The van der Waals surface area contributed by atoms with E-state index < -0.39 is 17.7 Å². The third-order valence-corrected chi connectivity index (χ3v) is 2.28. The second-order valence-corrected chi connectivity index (χ2v) is 3.65. The summed E-state index contributed by atoms with van der Waals surface area (Å²) in [5.74, 6) is 0.232. The second-order valence-electron chi connectivity index (χ2n) is 2.76. The number of nitrogens with zero attached hydrogens (tertiary/aromatic N) is 1. The molecule has 0 saturated heterocycles. The van der Waals surface area contributed by atoms with Crippen molar-refractivity contribution in [1.29, 1.82) is 0 Å². The Labute approximate surface area is 103 Å². The molecule has 3 N–H and O–H groups in total. The predicted molar refractivity (Wildman–Crippen MR) is 62.3 cm³/mol. The zero-order valence-corrected chi connectivity index (χ0v) is 10.3. The van der Waals surface area contributed by atoms with Crippen LogP contribution in [0.25, 0.3) is 0 Å². The predicted octanol–water partition coefficient (Wildman–Crippen LogP) is 0.370. The molecule has 0 aromatic carbocycles. The molecule has 0 spiro atoms. The first-order valence-electron chi connectivity index (χ1n) is 5.02. The summed E-state index contributed by atoms with van der Waals surface area (Å²) < 4.78 is 12.1. The molecule has 8 nitrogen and oxygen atoms in total. The minimum absolute atomic E-state index is 0.232. The first-order valence-corrected chi connectivity index (χ1v) is 5.90. The van der Waals surface area contributed by atoms with E-state index in [0.717, 1.165) is 11.9 Å². The summed E-state index contributed by atoms with van der Waals surface area (Å²) >= 11 is 1.13. The Morgan fingerprint density at radius 3 is 2.65 bits per heavy atom. The van der Waals surface area contributed by atoms with Crippen molar-refractivity contribution < 1.29 is 19.1 Å². The fraction of sp³-hybridized carbons (Fsp3) is 0.625. The van der Waals surface area contributed by atoms with E-state index >= 15 is 0 Å². The molecule has 1 aliphatic rings. The molecule has 1 aliphatic heterocycles. The van der Waals surface area contributed by atoms with E-state index in [9.17, 15) is 9.59 Å². The van der Waals surface area contributed by atoms with E-state index in [1.165, 1.54) is 0 Å². The van der Waals surface area contributed by atoms with Gasteiger partial charge in [0.25, 0.3) is 0 Å². The normalized spacial score (nSPS) is 17.8. The monoisotopic (exact) mass is 262 g/mol. The van der Waals surface area contributed by atoms with Gasteiger partial charge in [0.2, 0.25) is 5.96 Å². The molecule has 1 rings (SSSR count).